The van der Waals surface area contributed by atoms with Gasteiger partial charge in [-0.2, -0.15) is 0 Å². The van der Waals surface area contributed by atoms with Crippen molar-refractivity contribution in [3.05, 3.63) is 24.0 Å². The summed E-state index contributed by atoms with van der Waals surface area (Å²) in [6.07, 6.45) is -1.65. The summed E-state index contributed by atoms with van der Waals surface area (Å²) in [5.41, 5.74) is 9.76. The molecule has 7 nitrogen and oxygen atoms in total. The molecule has 1 rings (SSSR count). The van der Waals surface area contributed by atoms with Gasteiger partial charge < -0.3 is 16.6 Å². The first-order valence-electron chi connectivity index (χ1n) is 4.76. The van der Waals surface area contributed by atoms with E-state index in [4.69, 9.17) is 16.6 Å². The molecule has 9 heteroatoms. The lowest BCUT2D eigenvalue weighted by atomic mass is 10.3. The minimum atomic E-state index is -4.04. The van der Waals surface area contributed by atoms with E-state index in [1.165, 1.54) is 0 Å². The third-order valence-electron chi connectivity index (χ3n) is 2.08. The molecule has 0 fully saturated rings. The molecule has 1 amide bonds. The third-order valence-corrected chi connectivity index (χ3v) is 3.50. The summed E-state index contributed by atoms with van der Waals surface area (Å²) in [5.74, 6) is -1.95. The number of aliphatic hydroxyl groups is 1. The highest BCUT2D eigenvalue weighted by atomic mass is 32.2. The van der Waals surface area contributed by atoms with Crippen LogP contribution in [0.2, 0.25) is 0 Å². The van der Waals surface area contributed by atoms with E-state index >= 15 is 0 Å². The number of nitrogen functional groups attached to an aromatic ring is 1. The van der Waals surface area contributed by atoms with Crippen molar-refractivity contribution in [3.63, 3.8) is 0 Å². The van der Waals surface area contributed by atoms with Gasteiger partial charge in [0.1, 0.15) is 11.9 Å². The molecule has 0 bridgehead atoms. The van der Waals surface area contributed by atoms with Crippen LogP contribution in [0.1, 0.15) is 0 Å². The Labute approximate surface area is 103 Å². The molecule has 100 valence electrons. The Balaban J connectivity index is 2.87. The number of sulfonamides is 1. The summed E-state index contributed by atoms with van der Waals surface area (Å²) in [7, 11) is -4.04. The highest BCUT2D eigenvalue weighted by molar-refractivity contribution is 7.89. The Morgan fingerprint density at radius 2 is 2.11 bits per heavy atom. The number of nitrogens with one attached hydrogen (secondary N) is 1. The van der Waals surface area contributed by atoms with Gasteiger partial charge in [0, 0.05) is 6.54 Å². The maximum atomic E-state index is 13.1. The van der Waals surface area contributed by atoms with E-state index < -0.39 is 34.4 Å². The lowest BCUT2D eigenvalue weighted by Crippen LogP contribution is -2.39. The molecule has 0 aliphatic carbocycles. The summed E-state index contributed by atoms with van der Waals surface area (Å²) in [5, 5.41) is 9.04. The molecule has 0 radical (unpaired) electrons. The lowest BCUT2D eigenvalue weighted by molar-refractivity contribution is -0.125. The van der Waals surface area contributed by atoms with E-state index in [0.717, 1.165) is 18.2 Å². The molecule has 0 aromatic heterocycles. The first-order chi connectivity index (χ1) is 8.24. The van der Waals surface area contributed by atoms with Crippen molar-refractivity contribution in [2.75, 3.05) is 12.3 Å². The van der Waals surface area contributed by atoms with Crippen LogP contribution in [0.15, 0.2) is 23.1 Å². The molecule has 0 spiro atoms. The summed E-state index contributed by atoms with van der Waals surface area (Å²) in [6, 6.07) is 2.92. The minimum absolute atomic E-state index is 0.189. The molecule has 0 saturated heterocycles. The van der Waals surface area contributed by atoms with E-state index in [2.05, 4.69) is 0 Å². The van der Waals surface area contributed by atoms with Crippen LogP contribution in [-0.2, 0) is 14.8 Å². The molecule has 0 aliphatic rings. The van der Waals surface area contributed by atoms with Crippen molar-refractivity contribution in [3.8, 4) is 0 Å². The fourth-order valence-corrected chi connectivity index (χ4v) is 2.10. The SMILES string of the molecule is NC(=O)C(O)CNS(=O)(=O)c1ccc(N)c(F)c1. The van der Waals surface area contributed by atoms with Gasteiger partial charge in [0.15, 0.2) is 0 Å². The normalized spacial score (nSPS) is 13.2. The molecule has 18 heavy (non-hydrogen) atoms. The van der Waals surface area contributed by atoms with Gasteiger partial charge in [-0.1, -0.05) is 0 Å². The van der Waals surface area contributed by atoms with E-state index in [1.54, 1.807) is 0 Å². The van der Waals surface area contributed by atoms with Crippen LogP contribution < -0.4 is 16.2 Å². The van der Waals surface area contributed by atoms with Gasteiger partial charge in [-0.3, -0.25) is 4.79 Å². The highest BCUT2D eigenvalue weighted by Gasteiger charge is 2.19. The number of rotatable bonds is 5. The molecule has 0 saturated carbocycles. The number of aliphatic hydroxyl groups excluding tert-OH is 1. The standard InChI is InChI=1S/C9H12FN3O4S/c10-6-3-5(1-2-7(6)11)18(16,17)13-4-8(14)9(12)15/h1-3,8,13-14H,4,11H2,(H2,12,15). The largest absolute Gasteiger partial charge is 0.396 e. The van der Waals surface area contributed by atoms with E-state index in [-0.39, 0.29) is 10.6 Å². The third kappa shape index (κ3) is 3.39. The second-order valence-corrected chi connectivity index (χ2v) is 5.22. The molecular formula is C9H12FN3O4S. The second-order valence-electron chi connectivity index (χ2n) is 3.45. The zero-order valence-corrected chi connectivity index (χ0v) is 9.95. The number of carbonyl (C=O) groups excluding carboxylic acids is 1. The van der Waals surface area contributed by atoms with Gasteiger partial charge in [0.05, 0.1) is 10.6 Å². The minimum Gasteiger partial charge on any atom is -0.396 e. The van der Waals surface area contributed by atoms with Crippen molar-refractivity contribution in [1.29, 1.82) is 0 Å². The molecule has 0 aliphatic heterocycles. The fraction of sp³-hybridized carbons (Fsp3) is 0.222. The summed E-state index contributed by atoms with van der Waals surface area (Å²) in [4.78, 5) is 10.1. The average molecular weight is 277 g/mol. The van der Waals surface area contributed by atoms with Gasteiger partial charge in [0.25, 0.3) is 0 Å². The first-order valence-corrected chi connectivity index (χ1v) is 6.24. The number of benzene rings is 1. The van der Waals surface area contributed by atoms with Crippen molar-refractivity contribution < 1.29 is 22.7 Å². The lowest BCUT2D eigenvalue weighted by Gasteiger charge is -2.09. The van der Waals surface area contributed by atoms with Crippen LogP contribution in [0.3, 0.4) is 0 Å². The number of hydrogen-bond donors (Lipinski definition) is 4. The van der Waals surface area contributed by atoms with Gasteiger partial charge in [0.2, 0.25) is 15.9 Å². The number of primary amides is 1. The Morgan fingerprint density at radius 3 is 2.61 bits per heavy atom. The van der Waals surface area contributed by atoms with Gasteiger partial charge in [-0.15, -0.1) is 0 Å². The van der Waals surface area contributed by atoms with Crippen molar-refractivity contribution in [1.82, 2.24) is 4.72 Å². The van der Waals surface area contributed by atoms with Crippen LogP contribution in [0.4, 0.5) is 10.1 Å². The average Bonchev–Trinajstić information content (AvgIpc) is 2.29. The van der Waals surface area contributed by atoms with Gasteiger partial charge in [-0.05, 0) is 18.2 Å². The van der Waals surface area contributed by atoms with E-state index in [1.807, 2.05) is 4.72 Å². The quantitative estimate of drug-likeness (QED) is 0.487. The highest BCUT2D eigenvalue weighted by Crippen LogP contribution is 2.15. The fourth-order valence-electron chi connectivity index (χ4n) is 1.05. The Morgan fingerprint density at radius 1 is 1.50 bits per heavy atom. The van der Waals surface area contributed by atoms with Crippen LogP contribution >= 0.6 is 0 Å². The zero-order chi connectivity index (χ0) is 13.9. The number of hydrogen-bond acceptors (Lipinski definition) is 5. The van der Waals surface area contributed by atoms with Crippen LogP contribution in [0.25, 0.3) is 0 Å². The zero-order valence-electron chi connectivity index (χ0n) is 9.13. The topological polar surface area (TPSA) is 136 Å². The molecule has 0 heterocycles. The number of amides is 1. The molecule has 1 atom stereocenters. The monoisotopic (exact) mass is 277 g/mol. The van der Waals surface area contributed by atoms with Crippen LogP contribution in [-0.4, -0.2) is 32.1 Å². The van der Waals surface area contributed by atoms with Crippen LogP contribution in [0.5, 0.6) is 0 Å². The van der Waals surface area contributed by atoms with Crippen LogP contribution in [0, 0.1) is 5.82 Å². The second kappa shape index (κ2) is 5.29. The molecule has 6 N–H and O–H groups in total. The molecule has 1 aromatic carbocycles. The van der Waals surface area contributed by atoms with E-state index in [0.29, 0.717) is 0 Å². The van der Waals surface area contributed by atoms with Crippen molar-refractivity contribution in [2.45, 2.75) is 11.0 Å². The summed E-state index contributed by atoms with van der Waals surface area (Å²) >= 11 is 0. The van der Waals surface area contributed by atoms with Gasteiger partial charge in [-0.25, -0.2) is 17.5 Å². The molecule has 1 unspecified atom stereocenters. The predicted molar refractivity (Wildman–Crippen MR) is 61.2 cm³/mol. The van der Waals surface area contributed by atoms with Crippen molar-refractivity contribution >= 4 is 21.6 Å². The van der Waals surface area contributed by atoms with Gasteiger partial charge >= 0.3 is 0 Å². The number of carbonyl (C=O) groups is 1. The number of halogens is 1. The predicted octanol–water partition coefficient (Wildman–Crippen LogP) is -1.47. The first kappa shape index (κ1) is 14.4. The summed E-state index contributed by atoms with van der Waals surface area (Å²) < 4.78 is 38.3. The molecular weight excluding hydrogens is 265 g/mol. The molecule has 1 aromatic rings. The number of anilines is 1. The van der Waals surface area contributed by atoms with E-state index in [9.17, 15) is 17.6 Å². The summed E-state index contributed by atoms with van der Waals surface area (Å²) in [6.45, 7) is -0.594. The number of nitrogens with two attached hydrogens (primary N) is 2. The maximum Gasteiger partial charge on any atom is 0.247 e. The Bertz CT molecular complexity index is 561. The maximum absolute atomic E-state index is 13.1. The van der Waals surface area contributed by atoms with Crippen molar-refractivity contribution in [2.24, 2.45) is 5.73 Å². The smallest absolute Gasteiger partial charge is 0.247 e. The Kier molecular flexibility index (Phi) is 4.22. The Hall–Kier alpha value is -1.71.